The van der Waals surface area contributed by atoms with Crippen LogP contribution in [-0.4, -0.2) is 33.9 Å². The van der Waals surface area contributed by atoms with Crippen molar-refractivity contribution in [3.05, 3.63) is 58.1 Å². The summed E-state index contributed by atoms with van der Waals surface area (Å²) in [4.78, 5) is 23.6. The number of fused-ring (bicyclic) bond motifs is 1. The van der Waals surface area contributed by atoms with Crippen molar-refractivity contribution in [1.82, 2.24) is 14.9 Å². The topological polar surface area (TPSA) is 58.1 Å². The number of nitrogens with one attached hydrogen (secondary N) is 1. The highest BCUT2D eigenvalue weighted by Gasteiger charge is 2.20. The maximum Gasteiger partial charge on any atom is 0.257 e. The second kappa shape index (κ2) is 9.30. The zero-order valence-electron chi connectivity index (χ0n) is 15.8. The number of benzene rings is 1. The summed E-state index contributed by atoms with van der Waals surface area (Å²) in [5.74, 6) is -0.459. The summed E-state index contributed by atoms with van der Waals surface area (Å²) < 4.78 is 14.0. The highest BCUT2D eigenvalue weighted by molar-refractivity contribution is 9.10. The molecule has 148 valence electrons. The van der Waals surface area contributed by atoms with Gasteiger partial charge >= 0.3 is 0 Å². The first-order valence-electron chi connectivity index (χ1n) is 8.72. The van der Waals surface area contributed by atoms with Gasteiger partial charge in [0.05, 0.1) is 16.9 Å². The first kappa shape index (κ1) is 22.0. The summed E-state index contributed by atoms with van der Waals surface area (Å²) in [6.45, 7) is 6.95. The first-order valence-corrected chi connectivity index (χ1v) is 9.51. The number of carbonyl (C=O) groups excluding carboxylic acids is 1. The standard InChI is InChI=1S/C20H20BrFN4O.ClH/c1-4-26(5-2)20(27)15-11-23-19-14(8-6-12(3)24-19)18(15)25-17-9-7-13(22)10-16(17)21;/h6-11H,4-5H2,1-3H3,(H,23,24,25);1H. The van der Waals surface area contributed by atoms with Crippen molar-refractivity contribution in [2.45, 2.75) is 20.8 Å². The van der Waals surface area contributed by atoms with E-state index in [-0.39, 0.29) is 24.1 Å². The van der Waals surface area contributed by atoms with Gasteiger partial charge in [0, 0.05) is 34.8 Å². The van der Waals surface area contributed by atoms with Crippen molar-refractivity contribution in [2.75, 3.05) is 18.4 Å². The lowest BCUT2D eigenvalue weighted by Gasteiger charge is -2.21. The Morgan fingerprint density at radius 3 is 2.57 bits per heavy atom. The molecule has 2 heterocycles. The number of amides is 1. The fraction of sp³-hybridized carbons (Fsp3) is 0.250. The summed E-state index contributed by atoms with van der Waals surface area (Å²) in [6, 6.07) is 8.13. The monoisotopic (exact) mass is 466 g/mol. The van der Waals surface area contributed by atoms with Crippen LogP contribution in [0.5, 0.6) is 0 Å². The summed E-state index contributed by atoms with van der Waals surface area (Å²) in [5.41, 5.74) is 3.10. The number of carbonyl (C=O) groups is 1. The zero-order chi connectivity index (χ0) is 19.6. The van der Waals surface area contributed by atoms with E-state index in [0.29, 0.717) is 40.1 Å². The molecule has 0 aliphatic heterocycles. The lowest BCUT2D eigenvalue weighted by atomic mass is 10.1. The van der Waals surface area contributed by atoms with Crippen molar-refractivity contribution >= 4 is 56.7 Å². The van der Waals surface area contributed by atoms with Crippen LogP contribution < -0.4 is 5.32 Å². The van der Waals surface area contributed by atoms with Crippen LogP contribution in [0.1, 0.15) is 29.9 Å². The molecule has 0 aliphatic rings. The first-order chi connectivity index (χ1) is 12.9. The molecule has 0 spiro atoms. The zero-order valence-corrected chi connectivity index (χ0v) is 18.2. The fourth-order valence-corrected chi connectivity index (χ4v) is 3.33. The van der Waals surface area contributed by atoms with E-state index in [1.807, 2.05) is 32.9 Å². The Morgan fingerprint density at radius 1 is 1.21 bits per heavy atom. The van der Waals surface area contributed by atoms with Gasteiger partial charge in [-0.3, -0.25) is 4.79 Å². The molecule has 1 amide bonds. The predicted octanol–water partition coefficient (Wildman–Crippen LogP) is 5.49. The van der Waals surface area contributed by atoms with Crippen LogP contribution in [-0.2, 0) is 0 Å². The van der Waals surface area contributed by atoms with Gasteiger partial charge in [-0.15, -0.1) is 12.4 Å². The molecule has 1 N–H and O–H groups in total. The van der Waals surface area contributed by atoms with E-state index in [4.69, 9.17) is 0 Å². The van der Waals surface area contributed by atoms with Crippen LogP contribution >= 0.6 is 28.3 Å². The highest BCUT2D eigenvalue weighted by atomic mass is 79.9. The third kappa shape index (κ3) is 4.42. The summed E-state index contributed by atoms with van der Waals surface area (Å²) >= 11 is 3.37. The fourth-order valence-electron chi connectivity index (χ4n) is 2.88. The molecule has 3 rings (SSSR count). The second-order valence-electron chi connectivity index (χ2n) is 6.10. The Bertz CT molecular complexity index is 1010. The van der Waals surface area contributed by atoms with E-state index < -0.39 is 0 Å². The smallest absolute Gasteiger partial charge is 0.257 e. The predicted molar refractivity (Wildman–Crippen MR) is 116 cm³/mol. The summed E-state index contributed by atoms with van der Waals surface area (Å²) in [7, 11) is 0. The van der Waals surface area contributed by atoms with Crippen LogP contribution in [0.25, 0.3) is 11.0 Å². The van der Waals surface area contributed by atoms with Crippen LogP contribution in [0.2, 0.25) is 0 Å². The van der Waals surface area contributed by atoms with Gasteiger partial charge in [-0.05, 0) is 67.0 Å². The lowest BCUT2D eigenvalue weighted by molar-refractivity contribution is 0.0773. The summed E-state index contributed by atoms with van der Waals surface area (Å²) in [6.07, 6.45) is 1.55. The number of aromatic nitrogens is 2. The average Bonchev–Trinajstić information content (AvgIpc) is 2.64. The number of nitrogens with zero attached hydrogens (tertiary/aromatic N) is 3. The Kier molecular flexibility index (Phi) is 7.32. The van der Waals surface area contributed by atoms with Gasteiger partial charge in [-0.2, -0.15) is 0 Å². The number of halogens is 3. The van der Waals surface area contributed by atoms with Gasteiger partial charge < -0.3 is 10.2 Å². The van der Waals surface area contributed by atoms with Crippen LogP contribution in [0.4, 0.5) is 15.8 Å². The van der Waals surface area contributed by atoms with Gasteiger partial charge in [0.1, 0.15) is 5.82 Å². The molecule has 0 radical (unpaired) electrons. The quantitative estimate of drug-likeness (QED) is 0.539. The van der Waals surface area contributed by atoms with E-state index in [1.54, 1.807) is 17.2 Å². The highest BCUT2D eigenvalue weighted by Crippen LogP contribution is 2.33. The van der Waals surface area contributed by atoms with E-state index in [9.17, 15) is 9.18 Å². The molecule has 8 heteroatoms. The molecule has 2 aromatic heterocycles. The van der Waals surface area contributed by atoms with Crippen molar-refractivity contribution in [1.29, 1.82) is 0 Å². The Morgan fingerprint density at radius 2 is 1.93 bits per heavy atom. The molecule has 0 saturated carbocycles. The Balaban J connectivity index is 0.00000280. The second-order valence-corrected chi connectivity index (χ2v) is 6.95. The largest absolute Gasteiger partial charge is 0.353 e. The Labute approximate surface area is 177 Å². The van der Waals surface area contributed by atoms with Crippen molar-refractivity contribution < 1.29 is 9.18 Å². The van der Waals surface area contributed by atoms with Crippen molar-refractivity contribution in [3.8, 4) is 0 Å². The van der Waals surface area contributed by atoms with Gasteiger partial charge in [-0.25, -0.2) is 14.4 Å². The average molecular weight is 468 g/mol. The molecule has 0 aliphatic carbocycles. The molecule has 28 heavy (non-hydrogen) atoms. The van der Waals surface area contributed by atoms with Gasteiger partial charge in [0.2, 0.25) is 0 Å². The molecule has 3 aromatic rings. The van der Waals surface area contributed by atoms with E-state index >= 15 is 0 Å². The van der Waals surface area contributed by atoms with Gasteiger partial charge in [0.25, 0.3) is 5.91 Å². The molecule has 1 aromatic carbocycles. The number of hydrogen-bond donors (Lipinski definition) is 1. The maximum atomic E-state index is 13.5. The third-order valence-corrected chi connectivity index (χ3v) is 5.00. The summed E-state index contributed by atoms with van der Waals surface area (Å²) in [5, 5.41) is 4.00. The minimum absolute atomic E-state index is 0. The number of rotatable bonds is 5. The number of pyridine rings is 2. The molecule has 0 unspecified atom stereocenters. The SMILES string of the molecule is CCN(CC)C(=O)c1cnc2nc(C)ccc2c1Nc1ccc(F)cc1Br.Cl. The lowest BCUT2D eigenvalue weighted by Crippen LogP contribution is -2.31. The molecule has 0 bridgehead atoms. The molecular weight excluding hydrogens is 447 g/mol. The molecule has 5 nitrogen and oxygen atoms in total. The van der Waals surface area contributed by atoms with Crippen LogP contribution in [0, 0.1) is 12.7 Å². The van der Waals surface area contributed by atoms with Crippen molar-refractivity contribution in [3.63, 3.8) is 0 Å². The molecule has 0 atom stereocenters. The van der Waals surface area contributed by atoms with Gasteiger partial charge in [0.15, 0.2) is 5.65 Å². The maximum absolute atomic E-state index is 13.5. The normalized spacial score (nSPS) is 10.5. The Hall–Kier alpha value is -2.25. The third-order valence-electron chi connectivity index (χ3n) is 4.34. The van der Waals surface area contributed by atoms with Gasteiger partial charge in [-0.1, -0.05) is 0 Å². The van der Waals surface area contributed by atoms with Crippen molar-refractivity contribution in [2.24, 2.45) is 0 Å². The van der Waals surface area contributed by atoms with Crippen LogP contribution in [0.3, 0.4) is 0 Å². The number of anilines is 2. The molecular formula is C20H21BrClFN4O. The van der Waals surface area contributed by atoms with E-state index in [1.165, 1.54) is 12.1 Å². The minimum atomic E-state index is -0.344. The van der Waals surface area contributed by atoms with E-state index in [0.717, 1.165) is 11.1 Å². The molecule has 0 fully saturated rings. The minimum Gasteiger partial charge on any atom is -0.353 e. The molecule has 0 saturated heterocycles. The van der Waals surface area contributed by atoms with Crippen LogP contribution in [0.15, 0.2) is 41.0 Å². The number of hydrogen-bond acceptors (Lipinski definition) is 4. The number of aryl methyl sites for hydroxylation is 1. The van der Waals surface area contributed by atoms with E-state index in [2.05, 4.69) is 31.2 Å².